The van der Waals surface area contributed by atoms with E-state index in [0.717, 1.165) is 43.5 Å². The van der Waals surface area contributed by atoms with Gasteiger partial charge >= 0.3 is 10.2 Å². The summed E-state index contributed by atoms with van der Waals surface area (Å²) in [6.45, 7) is 3.00. The predicted molar refractivity (Wildman–Crippen MR) is 76.5 cm³/mol. The van der Waals surface area contributed by atoms with Gasteiger partial charge in [-0.1, -0.05) is 6.92 Å². The van der Waals surface area contributed by atoms with Crippen LogP contribution in [-0.4, -0.2) is 34.2 Å². The van der Waals surface area contributed by atoms with E-state index < -0.39 is 25.1 Å². The van der Waals surface area contributed by atoms with Crippen LogP contribution >= 0.6 is 0 Å². The summed E-state index contributed by atoms with van der Waals surface area (Å²) in [5, 5.41) is 0. The molecule has 0 spiro atoms. The average molecular weight is 335 g/mol. The molecular formula is C13H18FNO4S2. The van der Waals surface area contributed by atoms with Gasteiger partial charge in [0.15, 0.2) is 0 Å². The van der Waals surface area contributed by atoms with E-state index in [1.54, 1.807) is 0 Å². The normalized spacial score (nSPS) is 21.9. The highest BCUT2D eigenvalue weighted by Crippen LogP contribution is 2.24. The van der Waals surface area contributed by atoms with Gasteiger partial charge in [-0.25, -0.2) is 8.42 Å². The first kappa shape index (κ1) is 16.4. The molecule has 1 atom stereocenters. The Hall–Kier alpha value is -0.990. The Balaban J connectivity index is 2.27. The number of hydrogen-bond donors (Lipinski definition) is 0. The molecule has 21 heavy (non-hydrogen) atoms. The molecular weight excluding hydrogens is 317 g/mol. The second-order valence-electron chi connectivity index (χ2n) is 5.35. The van der Waals surface area contributed by atoms with Gasteiger partial charge in [0.25, 0.3) is 0 Å². The lowest BCUT2D eigenvalue weighted by atomic mass is 10.0. The Morgan fingerprint density at radius 2 is 1.57 bits per heavy atom. The van der Waals surface area contributed by atoms with Crippen molar-refractivity contribution in [3.8, 4) is 0 Å². The molecule has 0 N–H and O–H groups in total. The smallest absolute Gasteiger partial charge is 0.207 e. The molecule has 0 bridgehead atoms. The Kier molecular flexibility index (Phi) is 4.69. The Morgan fingerprint density at radius 3 is 2.14 bits per heavy atom. The van der Waals surface area contributed by atoms with Crippen molar-refractivity contribution in [3.63, 3.8) is 0 Å². The second-order valence-corrected chi connectivity index (χ2v) is 8.63. The molecule has 1 saturated heterocycles. The molecule has 5 nitrogen and oxygen atoms in total. The molecule has 8 heteroatoms. The van der Waals surface area contributed by atoms with Gasteiger partial charge in [0.05, 0.1) is 9.79 Å². The fourth-order valence-corrected chi connectivity index (χ4v) is 4.35. The van der Waals surface area contributed by atoms with Crippen LogP contribution in [-0.2, 0) is 20.2 Å². The summed E-state index contributed by atoms with van der Waals surface area (Å²) in [5.74, 6) is 0.490. The van der Waals surface area contributed by atoms with Crippen LogP contribution in [0.3, 0.4) is 0 Å². The van der Waals surface area contributed by atoms with Gasteiger partial charge in [0, 0.05) is 13.1 Å². The first-order chi connectivity index (χ1) is 9.71. The quantitative estimate of drug-likeness (QED) is 0.794. The van der Waals surface area contributed by atoms with Gasteiger partial charge in [-0.15, -0.1) is 3.89 Å². The zero-order valence-corrected chi connectivity index (χ0v) is 13.3. The van der Waals surface area contributed by atoms with Crippen LogP contribution in [0.2, 0.25) is 0 Å². The largest absolute Gasteiger partial charge is 0.332 e. The lowest BCUT2D eigenvalue weighted by molar-refractivity contribution is 0.416. The van der Waals surface area contributed by atoms with Crippen molar-refractivity contribution in [2.24, 2.45) is 5.92 Å². The Morgan fingerprint density at radius 1 is 1.00 bits per heavy atom. The van der Waals surface area contributed by atoms with Crippen molar-refractivity contribution in [1.29, 1.82) is 0 Å². The summed E-state index contributed by atoms with van der Waals surface area (Å²) in [4.78, 5) is -0.546. The summed E-state index contributed by atoms with van der Waals surface area (Å²) in [6.07, 6.45) is 2.60. The molecule has 1 aliphatic rings. The minimum Gasteiger partial charge on any atom is -0.207 e. The molecule has 0 aromatic heterocycles. The maximum atomic E-state index is 12.8. The van der Waals surface area contributed by atoms with Gasteiger partial charge < -0.3 is 0 Å². The van der Waals surface area contributed by atoms with Crippen LogP contribution < -0.4 is 0 Å². The van der Waals surface area contributed by atoms with Gasteiger partial charge in [-0.05, 0) is 49.4 Å². The first-order valence-electron chi connectivity index (χ1n) is 6.76. The standard InChI is InChI=1S/C13H18FNO4S2/c1-11-3-2-9-15(10-8-11)21(18,19)13-6-4-12(5-7-13)20(14,16)17/h4-7,11H,2-3,8-10H2,1H3. The van der Waals surface area contributed by atoms with Gasteiger partial charge in [0.1, 0.15) is 0 Å². The molecule has 1 heterocycles. The van der Waals surface area contributed by atoms with Crippen molar-refractivity contribution in [2.75, 3.05) is 13.1 Å². The lowest BCUT2D eigenvalue weighted by Crippen LogP contribution is -2.32. The third-order valence-electron chi connectivity index (χ3n) is 3.72. The number of rotatable bonds is 3. The van der Waals surface area contributed by atoms with E-state index in [9.17, 15) is 20.7 Å². The number of hydrogen-bond acceptors (Lipinski definition) is 4. The Bertz CT molecular complexity index is 698. The summed E-state index contributed by atoms with van der Waals surface area (Å²) in [6, 6.07) is 4.22. The van der Waals surface area contributed by atoms with Gasteiger partial charge in [-0.3, -0.25) is 0 Å². The highest BCUT2D eigenvalue weighted by molar-refractivity contribution is 7.89. The third-order valence-corrected chi connectivity index (χ3v) is 6.47. The van der Waals surface area contributed by atoms with E-state index in [0.29, 0.717) is 19.0 Å². The third kappa shape index (κ3) is 3.81. The molecule has 1 fully saturated rings. The highest BCUT2D eigenvalue weighted by atomic mass is 32.3. The maximum Gasteiger partial charge on any atom is 0.332 e. The topological polar surface area (TPSA) is 71.5 Å². The lowest BCUT2D eigenvalue weighted by Gasteiger charge is -2.20. The van der Waals surface area contributed by atoms with E-state index in [4.69, 9.17) is 0 Å². The van der Waals surface area contributed by atoms with E-state index >= 15 is 0 Å². The molecule has 1 aromatic rings. The molecule has 0 amide bonds. The maximum absolute atomic E-state index is 12.8. The number of halogens is 1. The van der Waals surface area contributed by atoms with Crippen LogP contribution in [0.4, 0.5) is 3.89 Å². The van der Waals surface area contributed by atoms with Crippen LogP contribution in [0.1, 0.15) is 26.2 Å². The molecule has 118 valence electrons. The van der Waals surface area contributed by atoms with Crippen LogP contribution in [0, 0.1) is 5.92 Å². The summed E-state index contributed by atoms with van der Waals surface area (Å²) >= 11 is 0. The minimum atomic E-state index is -4.81. The second kappa shape index (κ2) is 6.02. The van der Waals surface area contributed by atoms with E-state index in [1.807, 2.05) is 0 Å². The number of nitrogens with zero attached hydrogens (tertiary/aromatic N) is 1. The molecule has 1 unspecified atom stereocenters. The van der Waals surface area contributed by atoms with Crippen LogP contribution in [0.15, 0.2) is 34.1 Å². The molecule has 2 rings (SSSR count). The van der Waals surface area contributed by atoms with Crippen LogP contribution in [0.5, 0.6) is 0 Å². The highest BCUT2D eigenvalue weighted by Gasteiger charge is 2.27. The molecule has 0 aliphatic carbocycles. The molecule has 0 radical (unpaired) electrons. The van der Waals surface area contributed by atoms with Crippen molar-refractivity contribution < 1.29 is 20.7 Å². The molecule has 1 aliphatic heterocycles. The molecule has 0 saturated carbocycles. The summed E-state index contributed by atoms with van der Waals surface area (Å²) in [7, 11) is -8.47. The number of benzene rings is 1. The minimum absolute atomic E-state index is 0.00977. The SMILES string of the molecule is CC1CCCN(S(=O)(=O)c2ccc(S(=O)(=O)F)cc2)CC1. The van der Waals surface area contributed by atoms with E-state index in [1.165, 1.54) is 4.31 Å². The van der Waals surface area contributed by atoms with E-state index in [2.05, 4.69) is 6.92 Å². The van der Waals surface area contributed by atoms with Gasteiger partial charge in [-0.2, -0.15) is 12.7 Å². The van der Waals surface area contributed by atoms with E-state index in [-0.39, 0.29) is 4.90 Å². The van der Waals surface area contributed by atoms with Crippen molar-refractivity contribution in [2.45, 2.75) is 36.0 Å². The zero-order valence-electron chi connectivity index (χ0n) is 11.7. The number of sulfonamides is 1. The fourth-order valence-electron chi connectivity index (χ4n) is 2.40. The monoisotopic (exact) mass is 335 g/mol. The van der Waals surface area contributed by atoms with Crippen molar-refractivity contribution in [1.82, 2.24) is 4.31 Å². The zero-order chi connectivity index (χ0) is 15.7. The Labute approximate surface area is 125 Å². The first-order valence-corrected chi connectivity index (χ1v) is 9.58. The predicted octanol–water partition coefficient (Wildman–Crippen LogP) is 2.16. The van der Waals surface area contributed by atoms with Crippen molar-refractivity contribution in [3.05, 3.63) is 24.3 Å². The average Bonchev–Trinajstić information content (AvgIpc) is 2.63. The molecule has 1 aromatic carbocycles. The fraction of sp³-hybridized carbons (Fsp3) is 0.538. The summed E-state index contributed by atoms with van der Waals surface area (Å²) < 4.78 is 60.7. The van der Waals surface area contributed by atoms with Crippen molar-refractivity contribution >= 4 is 20.2 Å². The van der Waals surface area contributed by atoms with Crippen LogP contribution in [0.25, 0.3) is 0 Å². The van der Waals surface area contributed by atoms with Gasteiger partial charge in [0.2, 0.25) is 10.0 Å². The summed E-state index contributed by atoms with van der Waals surface area (Å²) in [5.41, 5.74) is 0.